The van der Waals surface area contributed by atoms with E-state index in [0.29, 0.717) is 0 Å². The summed E-state index contributed by atoms with van der Waals surface area (Å²) in [5.41, 5.74) is 5.07. The van der Waals surface area contributed by atoms with Crippen molar-refractivity contribution in [2.24, 2.45) is 0 Å². The van der Waals surface area contributed by atoms with Gasteiger partial charge in [-0.3, -0.25) is 4.79 Å². The van der Waals surface area contributed by atoms with Crippen LogP contribution >= 0.6 is 11.3 Å². The van der Waals surface area contributed by atoms with Gasteiger partial charge in [-0.05, 0) is 45.7 Å². The molecule has 0 saturated carbocycles. The predicted molar refractivity (Wildman–Crippen MR) is 88.4 cm³/mol. The lowest BCUT2D eigenvalue weighted by molar-refractivity contribution is -0.125. The maximum absolute atomic E-state index is 11.4. The van der Waals surface area contributed by atoms with E-state index in [1.165, 1.54) is 10.4 Å². The van der Waals surface area contributed by atoms with Crippen molar-refractivity contribution in [1.82, 2.24) is 9.88 Å². The number of rotatable bonds is 4. The molecule has 1 heterocycles. The van der Waals surface area contributed by atoms with Crippen molar-refractivity contribution in [3.63, 3.8) is 0 Å². The monoisotopic (exact) mass is 302 g/mol. The molecular weight excluding hydrogens is 280 g/mol. The van der Waals surface area contributed by atoms with Crippen molar-refractivity contribution in [2.75, 3.05) is 0 Å². The second-order valence-electron chi connectivity index (χ2n) is 6.25. The molecular formula is C17H22N2OS. The van der Waals surface area contributed by atoms with Gasteiger partial charge in [-0.1, -0.05) is 24.3 Å². The maximum Gasteiger partial charge on any atom is 0.210 e. The number of hydrogen-bond donors (Lipinski definition) is 0. The van der Waals surface area contributed by atoms with Gasteiger partial charge in [-0.15, -0.1) is 11.3 Å². The molecule has 0 unspecified atom stereocenters. The fourth-order valence-corrected chi connectivity index (χ4v) is 3.29. The molecule has 0 aliphatic carbocycles. The number of amides is 1. The van der Waals surface area contributed by atoms with E-state index in [4.69, 9.17) is 0 Å². The third-order valence-electron chi connectivity index (χ3n) is 3.71. The van der Waals surface area contributed by atoms with Crippen LogP contribution in [0.4, 0.5) is 0 Å². The Balaban J connectivity index is 2.27. The molecule has 1 amide bonds. The predicted octanol–water partition coefficient (Wildman–Crippen LogP) is 4.44. The first kappa shape index (κ1) is 15.7. The molecule has 0 bridgehead atoms. The standard InChI is InChI=1S/C17H22N2OS/c1-12-16(21-10-18-12)15-8-6-14(7-9-15)13(2)19(11-20)17(3,4)5/h6-11,13H,1-5H3/t13-/m0/s1. The first-order chi connectivity index (χ1) is 9.84. The van der Waals surface area contributed by atoms with E-state index in [2.05, 4.69) is 36.2 Å². The second kappa shape index (κ2) is 5.98. The Hall–Kier alpha value is -1.68. The Morgan fingerprint density at radius 2 is 1.86 bits per heavy atom. The zero-order valence-electron chi connectivity index (χ0n) is 13.3. The average Bonchev–Trinajstić information content (AvgIpc) is 2.84. The summed E-state index contributed by atoms with van der Waals surface area (Å²) in [5, 5.41) is 0. The van der Waals surface area contributed by atoms with Gasteiger partial charge in [0, 0.05) is 5.54 Å². The van der Waals surface area contributed by atoms with Crippen LogP contribution in [0.25, 0.3) is 10.4 Å². The van der Waals surface area contributed by atoms with Gasteiger partial charge >= 0.3 is 0 Å². The van der Waals surface area contributed by atoms with Crippen LogP contribution in [0.5, 0.6) is 0 Å². The summed E-state index contributed by atoms with van der Waals surface area (Å²) in [6.07, 6.45) is 0.936. The van der Waals surface area contributed by atoms with Crippen LogP contribution in [0.3, 0.4) is 0 Å². The van der Waals surface area contributed by atoms with Crippen molar-refractivity contribution in [2.45, 2.75) is 46.2 Å². The van der Waals surface area contributed by atoms with Crippen LogP contribution in [0.1, 0.15) is 45.0 Å². The molecule has 1 aromatic carbocycles. The number of carbonyl (C=O) groups is 1. The quantitative estimate of drug-likeness (QED) is 0.782. The average molecular weight is 302 g/mol. The van der Waals surface area contributed by atoms with E-state index in [1.54, 1.807) is 11.3 Å². The van der Waals surface area contributed by atoms with Crippen molar-refractivity contribution >= 4 is 17.7 Å². The molecule has 2 aromatic rings. The minimum absolute atomic E-state index is 0.0547. The van der Waals surface area contributed by atoms with Crippen molar-refractivity contribution < 1.29 is 4.79 Å². The van der Waals surface area contributed by atoms with Gasteiger partial charge < -0.3 is 4.90 Å². The van der Waals surface area contributed by atoms with E-state index in [0.717, 1.165) is 17.7 Å². The number of thiazole rings is 1. The number of carbonyl (C=O) groups excluding carboxylic acids is 1. The molecule has 1 aromatic heterocycles. The molecule has 0 saturated heterocycles. The van der Waals surface area contributed by atoms with Gasteiger partial charge in [0.15, 0.2) is 0 Å². The van der Waals surface area contributed by atoms with E-state index < -0.39 is 0 Å². The van der Waals surface area contributed by atoms with Gasteiger partial charge in [0.05, 0.1) is 22.1 Å². The number of aromatic nitrogens is 1. The lowest BCUT2D eigenvalue weighted by atomic mass is 9.99. The van der Waals surface area contributed by atoms with Gasteiger partial charge in [-0.25, -0.2) is 4.98 Å². The van der Waals surface area contributed by atoms with Crippen molar-refractivity contribution in [3.05, 3.63) is 41.0 Å². The number of hydrogen-bond acceptors (Lipinski definition) is 3. The molecule has 0 spiro atoms. The van der Waals surface area contributed by atoms with Gasteiger partial charge in [0.25, 0.3) is 0 Å². The Morgan fingerprint density at radius 1 is 1.24 bits per heavy atom. The summed E-state index contributed by atoms with van der Waals surface area (Å²) in [4.78, 5) is 18.7. The lowest BCUT2D eigenvalue weighted by Crippen LogP contribution is -2.41. The van der Waals surface area contributed by atoms with Crippen molar-refractivity contribution in [3.8, 4) is 10.4 Å². The van der Waals surface area contributed by atoms with E-state index in [-0.39, 0.29) is 11.6 Å². The molecule has 2 rings (SSSR count). The first-order valence-electron chi connectivity index (χ1n) is 7.08. The number of nitrogens with zero attached hydrogens (tertiary/aromatic N) is 2. The van der Waals surface area contributed by atoms with Crippen LogP contribution in [-0.4, -0.2) is 21.8 Å². The first-order valence-corrected chi connectivity index (χ1v) is 7.96. The van der Waals surface area contributed by atoms with Crippen LogP contribution in [-0.2, 0) is 4.79 Å². The highest BCUT2D eigenvalue weighted by Crippen LogP contribution is 2.30. The molecule has 0 aliphatic rings. The van der Waals surface area contributed by atoms with Gasteiger partial charge in [0.2, 0.25) is 6.41 Å². The highest BCUT2D eigenvalue weighted by atomic mass is 32.1. The summed E-state index contributed by atoms with van der Waals surface area (Å²) in [6, 6.07) is 8.47. The Labute approximate surface area is 130 Å². The lowest BCUT2D eigenvalue weighted by Gasteiger charge is -2.37. The van der Waals surface area contributed by atoms with Crippen molar-refractivity contribution in [1.29, 1.82) is 0 Å². The molecule has 4 heteroatoms. The van der Waals surface area contributed by atoms with E-state index in [1.807, 2.05) is 38.1 Å². The molecule has 0 fully saturated rings. The summed E-state index contributed by atoms with van der Waals surface area (Å²) in [5.74, 6) is 0. The highest BCUT2D eigenvalue weighted by molar-refractivity contribution is 7.13. The molecule has 3 nitrogen and oxygen atoms in total. The summed E-state index contributed by atoms with van der Waals surface area (Å²) in [6.45, 7) is 10.2. The Bertz CT molecular complexity index is 610. The third-order valence-corrected chi connectivity index (χ3v) is 4.68. The zero-order chi connectivity index (χ0) is 15.6. The fraction of sp³-hybridized carbons (Fsp3) is 0.412. The summed E-state index contributed by atoms with van der Waals surface area (Å²) in [7, 11) is 0. The van der Waals surface area contributed by atoms with Crippen LogP contribution in [0.2, 0.25) is 0 Å². The molecule has 0 N–H and O–H groups in total. The fourth-order valence-electron chi connectivity index (χ4n) is 2.48. The summed E-state index contributed by atoms with van der Waals surface area (Å²) >= 11 is 1.65. The van der Waals surface area contributed by atoms with Crippen LogP contribution in [0, 0.1) is 6.92 Å². The topological polar surface area (TPSA) is 33.2 Å². The Morgan fingerprint density at radius 3 is 2.29 bits per heavy atom. The minimum atomic E-state index is -0.186. The minimum Gasteiger partial charge on any atom is -0.334 e. The van der Waals surface area contributed by atoms with Gasteiger partial charge in [0.1, 0.15) is 0 Å². The SMILES string of the molecule is Cc1ncsc1-c1ccc([C@H](C)N(C=O)C(C)(C)C)cc1. The smallest absolute Gasteiger partial charge is 0.210 e. The molecule has 112 valence electrons. The molecule has 1 atom stereocenters. The van der Waals surface area contributed by atoms with E-state index in [9.17, 15) is 4.79 Å². The molecule has 21 heavy (non-hydrogen) atoms. The van der Waals surface area contributed by atoms with Crippen LogP contribution < -0.4 is 0 Å². The maximum atomic E-state index is 11.4. The largest absolute Gasteiger partial charge is 0.334 e. The molecule has 0 aliphatic heterocycles. The Kier molecular flexibility index (Phi) is 4.47. The molecule has 0 radical (unpaired) electrons. The second-order valence-corrected chi connectivity index (χ2v) is 7.10. The van der Waals surface area contributed by atoms with Gasteiger partial charge in [-0.2, -0.15) is 0 Å². The normalized spacial score (nSPS) is 13.0. The van der Waals surface area contributed by atoms with Crippen LogP contribution in [0.15, 0.2) is 29.8 Å². The zero-order valence-corrected chi connectivity index (χ0v) is 14.1. The van der Waals surface area contributed by atoms with E-state index >= 15 is 0 Å². The number of benzene rings is 1. The third kappa shape index (κ3) is 3.32. The summed E-state index contributed by atoms with van der Waals surface area (Å²) < 4.78 is 0. The number of aryl methyl sites for hydroxylation is 1. The highest BCUT2D eigenvalue weighted by Gasteiger charge is 2.25.